The van der Waals surface area contributed by atoms with Crippen molar-refractivity contribution in [3.63, 3.8) is 0 Å². The summed E-state index contributed by atoms with van der Waals surface area (Å²) in [4.78, 5) is 18.9. The Morgan fingerprint density at radius 2 is 1.76 bits per heavy atom. The lowest BCUT2D eigenvalue weighted by molar-refractivity contribution is 0.0983. The lowest BCUT2D eigenvalue weighted by Crippen LogP contribution is -2.31. The molecule has 29 heavy (non-hydrogen) atoms. The minimum absolute atomic E-state index is 0.128. The van der Waals surface area contributed by atoms with Crippen LogP contribution < -0.4 is 19.7 Å². The molecule has 3 aromatic rings. The van der Waals surface area contributed by atoms with Crippen LogP contribution in [0, 0.1) is 0 Å². The number of methoxy groups -OCH3 is 1. The van der Waals surface area contributed by atoms with E-state index in [-0.39, 0.29) is 5.91 Å². The van der Waals surface area contributed by atoms with Crippen LogP contribution in [0.15, 0.2) is 72.9 Å². The molecule has 3 rings (SSSR count). The molecule has 1 aromatic heterocycles. The third-order valence-corrected chi connectivity index (χ3v) is 4.37. The van der Waals surface area contributed by atoms with E-state index in [2.05, 4.69) is 10.3 Å². The Morgan fingerprint density at radius 3 is 2.45 bits per heavy atom. The Morgan fingerprint density at radius 1 is 1.03 bits per heavy atom. The number of amides is 1. The molecule has 150 valence electrons. The molecule has 0 aliphatic heterocycles. The zero-order valence-electron chi connectivity index (χ0n) is 16.7. The summed E-state index contributed by atoms with van der Waals surface area (Å²) in [5, 5.41) is 3.27. The fourth-order valence-corrected chi connectivity index (χ4v) is 2.88. The van der Waals surface area contributed by atoms with Crippen molar-refractivity contribution >= 4 is 17.3 Å². The van der Waals surface area contributed by atoms with E-state index in [1.54, 1.807) is 24.3 Å². The smallest absolute Gasteiger partial charge is 0.276 e. The highest BCUT2D eigenvalue weighted by Gasteiger charge is 2.17. The van der Waals surface area contributed by atoms with E-state index in [9.17, 15) is 4.79 Å². The summed E-state index contributed by atoms with van der Waals surface area (Å²) in [6.45, 7) is 3.60. The predicted octanol–water partition coefficient (Wildman–Crippen LogP) is 4.25. The van der Waals surface area contributed by atoms with Crippen LogP contribution in [-0.4, -0.2) is 37.7 Å². The molecule has 2 aromatic carbocycles. The molecule has 0 saturated carbocycles. The van der Waals surface area contributed by atoms with Gasteiger partial charge in [0.2, 0.25) is 0 Å². The van der Waals surface area contributed by atoms with Gasteiger partial charge in [-0.1, -0.05) is 18.2 Å². The van der Waals surface area contributed by atoms with Crippen LogP contribution in [0.1, 0.15) is 17.4 Å². The minimum atomic E-state index is -0.128. The summed E-state index contributed by atoms with van der Waals surface area (Å²) < 4.78 is 10.8. The fraction of sp³-hybridized carbons (Fsp3) is 0.217. The molecule has 0 saturated heterocycles. The van der Waals surface area contributed by atoms with Gasteiger partial charge in [-0.15, -0.1) is 0 Å². The number of aromatic nitrogens is 1. The molecule has 1 amide bonds. The van der Waals surface area contributed by atoms with Gasteiger partial charge in [0.15, 0.2) is 0 Å². The Kier molecular flexibility index (Phi) is 7.05. The number of pyridine rings is 1. The number of ether oxygens (including phenoxy) is 2. The number of anilines is 2. The second-order valence-corrected chi connectivity index (χ2v) is 6.27. The highest BCUT2D eigenvalue weighted by Crippen LogP contribution is 2.18. The molecular weight excluding hydrogens is 366 g/mol. The van der Waals surface area contributed by atoms with Gasteiger partial charge in [-0.25, -0.2) is 0 Å². The van der Waals surface area contributed by atoms with E-state index < -0.39 is 0 Å². The van der Waals surface area contributed by atoms with Crippen LogP contribution in [0.2, 0.25) is 0 Å². The van der Waals surface area contributed by atoms with Crippen LogP contribution in [-0.2, 0) is 0 Å². The van der Waals surface area contributed by atoms with Crippen molar-refractivity contribution in [2.45, 2.75) is 6.92 Å². The van der Waals surface area contributed by atoms with Gasteiger partial charge in [-0.05, 0) is 55.5 Å². The van der Waals surface area contributed by atoms with Crippen molar-refractivity contribution < 1.29 is 14.3 Å². The summed E-state index contributed by atoms with van der Waals surface area (Å²) in [6, 6.07) is 20.6. The largest absolute Gasteiger partial charge is 0.497 e. The molecule has 6 nitrogen and oxygen atoms in total. The normalized spacial score (nSPS) is 10.3. The minimum Gasteiger partial charge on any atom is -0.497 e. The van der Waals surface area contributed by atoms with Gasteiger partial charge >= 0.3 is 0 Å². The lowest BCUT2D eigenvalue weighted by atomic mass is 10.2. The second kappa shape index (κ2) is 10.1. The Balaban J connectivity index is 1.56. The van der Waals surface area contributed by atoms with E-state index >= 15 is 0 Å². The Labute approximate surface area is 171 Å². The van der Waals surface area contributed by atoms with E-state index in [1.807, 2.05) is 67.6 Å². The lowest BCUT2D eigenvalue weighted by Gasteiger charge is -2.20. The molecule has 0 atom stereocenters. The maximum absolute atomic E-state index is 12.9. The molecule has 0 fully saturated rings. The molecule has 1 N–H and O–H groups in total. The quantitative estimate of drug-likeness (QED) is 0.553. The van der Waals surface area contributed by atoms with E-state index in [0.717, 1.165) is 22.9 Å². The maximum Gasteiger partial charge on any atom is 0.276 e. The number of carbonyl (C=O) groups is 1. The topological polar surface area (TPSA) is 63.7 Å². The summed E-state index contributed by atoms with van der Waals surface area (Å²) in [7, 11) is 1.63. The number of rotatable bonds is 9. The average molecular weight is 391 g/mol. The first-order valence-electron chi connectivity index (χ1n) is 9.55. The monoisotopic (exact) mass is 391 g/mol. The zero-order valence-corrected chi connectivity index (χ0v) is 16.7. The molecule has 0 aliphatic carbocycles. The van der Waals surface area contributed by atoms with Crippen molar-refractivity contribution in [2.75, 3.05) is 37.0 Å². The first kappa shape index (κ1) is 20.2. The summed E-state index contributed by atoms with van der Waals surface area (Å²) in [5.41, 5.74) is 2.08. The number of para-hydroxylation sites is 1. The van der Waals surface area contributed by atoms with Crippen LogP contribution in [0.5, 0.6) is 11.5 Å². The summed E-state index contributed by atoms with van der Waals surface area (Å²) >= 11 is 0. The number of benzene rings is 2. The molecule has 1 heterocycles. The first-order chi connectivity index (χ1) is 14.2. The van der Waals surface area contributed by atoms with Gasteiger partial charge < -0.3 is 19.7 Å². The van der Waals surface area contributed by atoms with Crippen molar-refractivity contribution in [3.8, 4) is 11.5 Å². The van der Waals surface area contributed by atoms with E-state index in [0.29, 0.717) is 25.4 Å². The van der Waals surface area contributed by atoms with Gasteiger partial charge in [0.1, 0.15) is 23.8 Å². The van der Waals surface area contributed by atoms with Gasteiger partial charge in [0.05, 0.1) is 7.11 Å². The van der Waals surface area contributed by atoms with Crippen LogP contribution in [0.4, 0.5) is 11.4 Å². The number of nitrogens with one attached hydrogen (secondary N) is 1. The second-order valence-electron chi connectivity index (χ2n) is 6.27. The van der Waals surface area contributed by atoms with E-state index in [1.165, 1.54) is 0 Å². The van der Waals surface area contributed by atoms with Gasteiger partial charge in [0.25, 0.3) is 5.91 Å². The highest BCUT2D eigenvalue weighted by molar-refractivity contribution is 6.05. The summed E-state index contributed by atoms with van der Waals surface area (Å²) in [6.07, 6.45) is 1.64. The Hall–Kier alpha value is -3.54. The molecule has 0 aliphatic rings. The van der Waals surface area contributed by atoms with Crippen molar-refractivity contribution in [1.29, 1.82) is 0 Å². The predicted molar refractivity (Wildman–Crippen MR) is 115 cm³/mol. The maximum atomic E-state index is 12.9. The highest BCUT2D eigenvalue weighted by atomic mass is 16.5. The number of nitrogens with zero attached hydrogens (tertiary/aromatic N) is 2. The number of carbonyl (C=O) groups excluding carboxylic acids is 1. The molecule has 0 unspecified atom stereocenters. The Bertz CT molecular complexity index is 914. The van der Waals surface area contributed by atoms with Crippen molar-refractivity contribution in [3.05, 3.63) is 78.6 Å². The van der Waals surface area contributed by atoms with Crippen LogP contribution in [0.25, 0.3) is 0 Å². The van der Waals surface area contributed by atoms with Crippen molar-refractivity contribution in [1.82, 2.24) is 4.98 Å². The van der Waals surface area contributed by atoms with Crippen LogP contribution >= 0.6 is 0 Å². The molecule has 0 bridgehead atoms. The van der Waals surface area contributed by atoms with E-state index in [4.69, 9.17) is 9.47 Å². The molecule has 6 heteroatoms. The fourth-order valence-electron chi connectivity index (χ4n) is 2.88. The number of hydrogen-bond donors (Lipinski definition) is 1. The van der Waals surface area contributed by atoms with Gasteiger partial charge in [-0.3, -0.25) is 9.78 Å². The SMILES string of the molecule is CCN(C(=O)c1cc(NCCOc2ccc(OC)cc2)ccn1)c1ccccc1. The van der Waals surface area contributed by atoms with Gasteiger partial charge in [-0.2, -0.15) is 0 Å². The molecule has 0 radical (unpaired) electrons. The standard InChI is InChI=1S/C23H25N3O3/c1-3-26(19-7-5-4-6-8-19)23(27)22-17-18(13-14-25-22)24-15-16-29-21-11-9-20(28-2)10-12-21/h4-14,17H,3,15-16H2,1-2H3,(H,24,25). The third-order valence-electron chi connectivity index (χ3n) is 4.37. The van der Waals surface area contributed by atoms with Gasteiger partial charge in [0, 0.05) is 30.7 Å². The van der Waals surface area contributed by atoms with Crippen LogP contribution in [0.3, 0.4) is 0 Å². The number of hydrogen-bond acceptors (Lipinski definition) is 5. The van der Waals surface area contributed by atoms with Crippen molar-refractivity contribution in [2.24, 2.45) is 0 Å². The summed E-state index contributed by atoms with van der Waals surface area (Å²) in [5.74, 6) is 1.44. The molecule has 0 spiro atoms. The zero-order chi connectivity index (χ0) is 20.5. The average Bonchev–Trinajstić information content (AvgIpc) is 2.78. The third kappa shape index (κ3) is 5.48. The molecular formula is C23H25N3O3. The first-order valence-corrected chi connectivity index (χ1v) is 9.55.